The van der Waals surface area contributed by atoms with Crippen molar-refractivity contribution in [2.45, 2.75) is 52.4 Å². The van der Waals surface area contributed by atoms with Crippen LogP contribution in [0.1, 0.15) is 49.9 Å². The summed E-state index contributed by atoms with van der Waals surface area (Å²) in [5.41, 5.74) is 5.14. The van der Waals surface area contributed by atoms with Crippen molar-refractivity contribution in [1.82, 2.24) is 38.5 Å². The Labute approximate surface area is 259 Å². The summed E-state index contributed by atoms with van der Waals surface area (Å²) < 4.78 is 5.09. The van der Waals surface area contributed by atoms with Crippen molar-refractivity contribution in [1.29, 1.82) is 0 Å². The minimum absolute atomic E-state index is 0.826. The minimum atomic E-state index is 0.826. The number of thiophene rings is 1. The van der Waals surface area contributed by atoms with Gasteiger partial charge in [0.05, 0.1) is 0 Å². The molecule has 0 aromatic carbocycles. The van der Waals surface area contributed by atoms with Gasteiger partial charge in [-0.05, 0) is 93.1 Å². The van der Waals surface area contributed by atoms with Crippen LogP contribution in [-0.4, -0.2) is 90.9 Å². The van der Waals surface area contributed by atoms with Gasteiger partial charge in [-0.2, -0.15) is 0 Å². The molecule has 5 aromatic heterocycles. The van der Waals surface area contributed by atoms with Crippen LogP contribution in [-0.2, 0) is 0 Å². The molecule has 2 N–H and O–H groups in total. The number of aryl methyl sites for hydroxylation is 2. The third kappa shape index (κ3) is 6.72. The molecule has 7 heterocycles. The van der Waals surface area contributed by atoms with E-state index >= 15 is 0 Å². The molecule has 0 saturated carbocycles. The summed E-state index contributed by atoms with van der Waals surface area (Å²) in [7, 11) is 0. The van der Waals surface area contributed by atoms with Crippen LogP contribution >= 0.6 is 27.3 Å². The second kappa shape index (κ2) is 13.7. The predicted octanol–water partition coefficient (Wildman–Crippen LogP) is 5.85. The Bertz CT molecular complexity index is 1610. The summed E-state index contributed by atoms with van der Waals surface area (Å²) in [5, 5.41) is 9.01. The molecule has 2 aliphatic rings. The number of likely N-dealkylation sites (tertiary alicyclic amines) is 2. The fourth-order valence-corrected chi connectivity index (χ4v) is 7.20. The van der Waals surface area contributed by atoms with Crippen LogP contribution in [0.2, 0.25) is 0 Å². The molecule has 12 heteroatoms. The van der Waals surface area contributed by atoms with E-state index in [2.05, 4.69) is 78.5 Å². The zero-order valence-electron chi connectivity index (χ0n) is 24.7. The standard InChI is InChI=1S/C16H21N5S.C14H20BrN5/c1-12-11-18-15-14(17-6-9-20-7-3-2-4-8-20)19-13-5-10-22-16(13)21(12)15;1-11-9-17-14-13(18-12(15)10-20(11)14)16-5-8-19-6-3-2-4-7-19/h5,10-11H,2-4,6-9H2,1H3,(H,17,19);9-10H,2-8H2,1H3,(H,16,18). The number of hydrogen-bond acceptors (Lipinski definition) is 9. The van der Waals surface area contributed by atoms with Gasteiger partial charge in [0.15, 0.2) is 22.9 Å². The number of rotatable bonds is 8. The van der Waals surface area contributed by atoms with E-state index in [1.165, 1.54) is 69.5 Å². The van der Waals surface area contributed by atoms with Crippen LogP contribution < -0.4 is 10.6 Å². The van der Waals surface area contributed by atoms with Crippen molar-refractivity contribution < 1.29 is 0 Å². The minimum Gasteiger partial charge on any atom is -0.366 e. The number of nitrogens with zero attached hydrogens (tertiary/aromatic N) is 8. The molecule has 0 spiro atoms. The Morgan fingerprint density at radius 1 is 0.786 bits per heavy atom. The normalized spacial score (nSPS) is 16.6. The molecular formula is C30H41BrN10S. The number of hydrogen-bond donors (Lipinski definition) is 2. The highest BCUT2D eigenvalue weighted by Gasteiger charge is 2.14. The molecule has 2 aliphatic heterocycles. The van der Waals surface area contributed by atoms with Crippen molar-refractivity contribution >= 4 is 60.5 Å². The van der Waals surface area contributed by atoms with E-state index < -0.39 is 0 Å². The average molecular weight is 654 g/mol. The molecule has 0 atom stereocenters. The molecule has 7 rings (SSSR count). The maximum Gasteiger partial charge on any atom is 0.181 e. The maximum atomic E-state index is 4.76. The number of imidazole rings is 2. The number of piperidine rings is 2. The first-order chi connectivity index (χ1) is 20.6. The number of halogens is 1. The first-order valence-electron chi connectivity index (χ1n) is 15.2. The molecule has 224 valence electrons. The van der Waals surface area contributed by atoms with E-state index in [0.717, 1.165) is 70.6 Å². The summed E-state index contributed by atoms with van der Waals surface area (Å²) in [6.07, 6.45) is 13.8. The van der Waals surface area contributed by atoms with Gasteiger partial charge in [-0.3, -0.25) is 8.80 Å². The van der Waals surface area contributed by atoms with E-state index in [-0.39, 0.29) is 0 Å². The zero-order valence-corrected chi connectivity index (χ0v) is 27.1. The van der Waals surface area contributed by atoms with Gasteiger partial charge < -0.3 is 20.4 Å². The largest absolute Gasteiger partial charge is 0.366 e. The quantitative estimate of drug-likeness (QED) is 0.216. The van der Waals surface area contributed by atoms with Gasteiger partial charge in [0.1, 0.15) is 15.0 Å². The van der Waals surface area contributed by atoms with Gasteiger partial charge in [0.2, 0.25) is 0 Å². The summed E-state index contributed by atoms with van der Waals surface area (Å²) in [5.74, 6) is 1.75. The van der Waals surface area contributed by atoms with Crippen LogP contribution in [0.4, 0.5) is 11.6 Å². The SMILES string of the molecule is Cc1cnc2c(NCCN3CCCCC3)nc(Br)cn12.Cc1cnc2c(NCCN3CCCCC3)nc3ccsc3n12. The summed E-state index contributed by atoms with van der Waals surface area (Å²) in [4.78, 5) is 24.5. The first kappa shape index (κ1) is 29.3. The highest BCUT2D eigenvalue weighted by Crippen LogP contribution is 2.26. The summed E-state index contributed by atoms with van der Waals surface area (Å²) >= 11 is 5.18. The third-order valence-corrected chi connectivity index (χ3v) is 9.47. The van der Waals surface area contributed by atoms with Gasteiger partial charge in [0.25, 0.3) is 0 Å². The Hall–Kier alpha value is -2.80. The van der Waals surface area contributed by atoms with Crippen molar-refractivity contribution in [3.63, 3.8) is 0 Å². The van der Waals surface area contributed by atoms with Gasteiger partial charge in [0, 0.05) is 56.2 Å². The second-order valence-corrected chi connectivity index (χ2v) is 13.0. The molecular weight excluding hydrogens is 612 g/mol. The van der Waals surface area contributed by atoms with Crippen LogP contribution in [0, 0.1) is 13.8 Å². The lowest BCUT2D eigenvalue weighted by atomic mass is 10.1. The Balaban J connectivity index is 0.000000151. The molecule has 0 aliphatic carbocycles. The fraction of sp³-hybridized carbons (Fsp3) is 0.533. The molecule has 0 radical (unpaired) electrons. The van der Waals surface area contributed by atoms with Crippen LogP contribution in [0.5, 0.6) is 0 Å². The van der Waals surface area contributed by atoms with E-state index in [1.54, 1.807) is 11.3 Å². The Morgan fingerprint density at radius 3 is 2.05 bits per heavy atom. The lowest BCUT2D eigenvalue weighted by Gasteiger charge is -2.26. The average Bonchev–Trinajstić information content (AvgIpc) is 3.73. The van der Waals surface area contributed by atoms with Crippen LogP contribution in [0.25, 0.3) is 21.6 Å². The first-order valence-corrected chi connectivity index (χ1v) is 16.9. The fourth-order valence-electron chi connectivity index (χ4n) is 5.92. The van der Waals surface area contributed by atoms with E-state index in [1.807, 2.05) is 25.5 Å². The van der Waals surface area contributed by atoms with Gasteiger partial charge in [-0.25, -0.2) is 19.9 Å². The highest BCUT2D eigenvalue weighted by atomic mass is 79.9. The zero-order chi connectivity index (χ0) is 28.9. The molecule has 0 unspecified atom stereocenters. The van der Waals surface area contributed by atoms with Crippen molar-refractivity contribution in [3.8, 4) is 0 Å². The van der Waals surface area contributed by atoms with Gasteiger partial charge in [-0.15, -0.1) is 11.3 Å². The topological polar surface area (TPSA) is 90.9 Å². The van der Waals surface area contributed by atoms with Crippen LogP contribution in [0.15, 0.2) is 34.6 Å². The smallest absolute Gasteiger partial charge is 0.181 e. The second-order valence-electron chi connectivity index (χ2n) is 11.3. The van der Waals surface area contributed by atoms with Crippen molar-refractivity contribution in [3.05, 3.63) is 46.0 Å². The third-order valence-electron chi connectivity index (χ3n) is 8.20. The maximum absolute atomic E-state index is 4.76. The summed E-state index contributed by atoms with van der Waals surface area (Å²) in [6.45, 7) is 13.0. The van der Waals surface area contributed by atoms with E-state index in [9.17, 15) is 0 Å². The van der Waals surface area contributed by atoms with Crippen molar-refractivity contribution in [2.75, 3.05) is 63.0 Å². The van der Waals surface area contributed by atoms with Crippen molar-refractivity contribution in [2.24, 2.45) is 0 Å². The highest BCUT2D eigenvalue weighted by molar-refractivity contribution is 9.10. The molecule has 2 saturated heterocycles. The van der Waals surface area contributed by atoms with Crippen LogP contribution in [0.3, 0.4) is 0 Å². The molecule has 42 heavy (non-hydrogen) atoms. The number of aromatic nitrogens is 6. The lowest BCUT2D eigenvalue weighted by Crippen LogP contribution is -2.33. The molecule has 2 fully saturated rings. The van der Waals surface area contributed by atoms with Gasteiger partial charge in [-0.1, -0.05) is 12.8 Å². The monoisotopic (exact) mass is 652 g/mol. The van der Waals surface area contributed by atoms with Gasteiger partial charge >= 0.3 is 0 Å². The molecule has 5 aromatic rings. The number of fused-ring (bicyclic) bond motifs is 4. The predicted molar refractivity (Wildman–Crippen MR) is 176 cm³/mol. The van der Waals surface area contributed by atoms with E-state index in [4.69, 9.17) is 4.98 Å². The van der Waals surface area contributed by atoms with E-state index in [0.29, 0.717) is 0 Å². The number of nitrogens with one attached hydrogen (secondary N) is 2. The number of anilines is 2. The molecule has 0 bridgehead atoms. The Morgan fingerprint density at radius 2 is 1.38 bits per heavy atom. The Kier molecular flexibility index (Phi) is 9.53. The lowest BCUT2D eigenvalue weighted by molar-refractivity contribution is 0.237. The molecule has 10 nitrogen and oxygen atoms in total. The molecule has 0 amide bonds. The summed E-state index contributed by atoms with van der Waals surface area (Å²) in [6, 6.07) is 2.08.